The number of carbonyl (C=O) groups excluding carboxylic acids is 1. The van der Waals surface area contributed by atoms with Crippen molar-refractivity contribution in [3.05, 3.63) is 24.3 Å². The normalized spacial score (nSPS) is 11.2. The van der Waals surface area contributed by atoms with Gasteiger partial charge in [-0.25, -0.2) is 0 Å². The SMILES string of the molecule is CC(C)(C)OCCC(=O)Nc1ccc(OCCCO)cc1. The van der Waals surface area contributed by atoms with Crippen molar-refractivity contribution in [3.63, 3.8) is 0 Å². The van der Waals surface area contributed by atoms with Crippen LogP contribution in [0.1, 0.15) is 33.6 Å². The van der Waals surface area contributed by atoms with Gasteiger partial charge < -0.3 is 19.9 Å². The minimum atomic E-state index is -0.228. The van der Waals surface area contributed by atoms with E-state index in [1.54, 1.807) is 24.3 Å². The second-order valence-corrected chi connectivity index (χ2v) is 5.71. The van der Waals surface area contributed by atoms with Crippen molar-refractivity contribution in [2.75, 3.05) is 25.1 Å². The third kappa shape index (κ3) is 8.32. The molecule has 0 fully saturated rings. The lowest BCUT2D eigenvalue weighted by Crippen LogP contribution is -2.22. The molecule has 0 saturated heterocycles. The predicted octanol–water partition coefficient (Wildman–Crippen LogP) is 2.59. The van der Waals surface area contributed by atoms with Crippen molar-refractivity contribution >= 4 is 11.6 Å². The minimum Gasteiger partial charge on any atom is -0.494 e. The summed E-state index contributed by atoms with van der Waals surface area (Å²) in [6.45, 7) is 6.87. The van der Waals surface area contributed by atoms with Gasteiger partial charge in [0.1, 0.15) is 5.75 Å². The smallest absolute Gasteiger partial charge is 0.226 e. The Morgan fingerprint density at radius 3 is 2.43 bits per heavy atom. The third-order valence-electron chi connectivity index (χ3n) is 2.57. The van der Waals surface area contributed by atoms with E-state index >= 15 is 0 Å². The predicted molar refractivity (Wildman–Crippen MR) is 82.6 cm³/mol. The molecule has 0 aromatic heterocycles. The molecule has 21 heavy (non-hydrogen) atoms. The zero-order valence-corrected chi connectivity index (χ0v) is 13.0. The molecule has 0 saturated carbocycles. The summed E-state index contributed by atoms with van der Waals surface area (Å²) in [4.78, 5) is 11.7. The van der Waals surface area contributed by atoms with Gasteiger partial charge in [-0.3, -0.25) is 4.79 Å². The number of ether oxygens (including phenoxy) is 2. The summed E-state index contributed by atoms with van der Waals surface area (Å²) in [5.74, 6) is 0.644. The third-order valence-corrected chi connectivity index (χ3v) is 2.57. The number of rotatable bonds is 8. The molecule has 0 spiro atoms. The molecular weight excluding hydrogens is 270 g/mol. The van der Waals surface area contributed by atoms with Gasteiger partial charge in [0.15, 0.2) is 0 Å². The van der Waals surface area contributed by atoms with Crippen LogP contribution in [0.3, 0.4) is 0 Å². The standard InChI is InChI=1S/C16H25NO4/c1-16(2,3)21-12-9-15(19)17-13-5-7-14(8-6-13)20-11-4-10-18/h5-8,18H,4,9-12H2,1-3H3,(H,17,19). The maximum atomic E-state index is 11.7. The van der Waals surface area contributed by atoms with Gasteiger partial charge in [0.2, 0.25) is 5.91 Å². The van der Waals surface area contributed by atoms with E-state index in [2.05, 4.69) is 5.32 Å². The van der Waals surface area contributed by atoms with E-state index in [0.717, 1.165) is 11.4 Å². The Hall–Kier alpha value is -1.59. The highest BCUT2D eigenvalue weighted by Crippen LogP contribution is 2.16. The van der Waals surface area contributed by atoms with Crippen LogP contribution in [0.4, 0.5) is 5.69 Å². The molecule has 2 N–H and O–H groups in total. The van der Waals surface area contributed by atoms with Gasteiger partial charge in [-0.2, -0.15) is 0 Å². The molecule has 0 aliphatic rings. The summed E-state index contributed by atoms with van der Waals surface area (Å²) >= 11 is 0. The highest BCUT2D eigenvalue weighted by Gasteiger charge is 2.11. The van der Waals surface area contributed by atoms with E-state index in [-0.39, 0.29) is 18.1 Å². The zero-order valence-electron chi connectivity index (χ0n) is 13.0. The Kier molecular flexibility index (Phi) is 7.19. The van der Waals surface area contributed by atoms with Gasteiger partial charge in [0.05, 0.1) is 25.2 Å². The summed E-state index contributed by atoms with van der Waals surface area (Å²) in [6.07, 6.45) is 0.929. The molecule has 0 aliphatic carbocycles. The first-order valence-corrected chi connectivity index (χ1v) is 7.18. The number of anilines is 1. The van der Waals surface area contributed by atoms with E-state index in [1.807, 2.05) is 20.8 Å². The van der Waals surface area contributed by atoms with Crippen molar-refractivity contribution in [3.8, 4) is 5.75 Å². The Labute approximate surface area is 126 Å². The maximum Gasteiger partial charge on any atom is 0.226 e. The Morgan fingerprint density at radius 2 is 1.86 bits per heavy atom. The van der Waals surface area contributed by atoms with Crippen molar-refractivity contribution < 1.29 is 19.4 Å². The van der Waals surface area contributed by atoms with Crippen molar-refractivity contribution in [1.82, 2.24) is 0 Å². The van der Waals surface area contributed by atoms with E-state index in [9.17, 15) is 4.79 Å². The number of carbonyl (C=O) groups is 1. The number of amides is 1. The van der Waals surface area contributed by atoms with Crippen LogP contribution in [0, 0.1) is 0 Å². The first-order chi connectivity index (χ1) is 9.90. The van der Waals surface area contributed by atoms with Crippen LogP contribution < -0.4 is 10.1 Å². The Morgan fingerprint density at radius 1 is 1.19 bits per heavy atom. The molecule has 5 nitrogen and oxygen atoms in total. The lowest BCUT2D eigenvalue weighted by Gasteiger charge is -2.19. The number of nitrogens with one attached hydrogen (secondary N) is 1. The van der Waals surface area contributed by atoms with Gasteiger partial charge in [-0.1, -0.05) is 0 Å². The molecule has 5 heteroatoms. The van der Waals surface area contributed by atoms with Crippen molar-refractivity contribution in [2.45, 2.75) is 39.2 Å². The molecule has 1 aromatic carbocycles. The van der Waals surface area contributed by atoms with Gasteiger partial charge >= 0.3 is 0 Å². The van der Waals surface area contributed by atoms with Gasteiger partial charge in [0, 0.05) is 18.7 Å². The number of benzene rings is 1. The fourth-order valence-electron chi connectivity index (χ4n) is 1.56. The molecule has 0 bridgehead atoms. The highest BCUT2D eigenvalue weighted by atomic mass is 16.5. The van der Waals surface area contributed by atoms with E-state index in [0.29, 0.717) is 26.1 Å². The van der Waals surface area contributed by atoms with Crippen LogP contribution in [0.2, 0.25) is 0 Å². The van der Waals surface area contributed by atoms with Crippen LogP contribution in [0.5, 0.6) is 5.75 Å². The molecule has 0 aliphatic heterocycles. The molecule has 1 amide bonds. The second kappa shape index (κ2) is 8.64. The van der Waals surface area contributed by atoms with Crippen LogP contribution >= 0.6 is 0 Å². The topological polar surface area (TPSA) is 67.8 Å². The summed E-state index contributed by atoms with van der Waals surface area (Å²) in [7, 11) is 0. The molecular formula is C16H25NO4. The summed E-state index contributed by atoms with van der Waals surface area (Å²) in [5, 5.41) is 11.5. The van der Waals surface area contributed by atoms with Crippen LogP contribution in [0.25, 0.3) is 0 Å². The van der Waals surface area contributed by atoms with Crippen LogP contribution in [-0.4, -0.2) is 36.4 Å². The molecule has 1 aromatic rings. The quantitative estimate of drug-likeness (QED) is 0.723. The molecule has 118 valence electrons. The maximum absolute atomic E-state index is 11.7. The van der Waals surface area contributed by atoms with Gasteiger partial charge in [-0.05, 0) is 45.0 Å². The van der Waals surface area contributed by atoms with Crippen molar-refractivity contribution in [1.29, 1.82) is 0 Å². The molecule has 0 radical (unpaired) electrons. The van der Waals surface area contributed by atoms with Gasteiger partial charge in [-0.15, -0.1) is 0 Å². The van der Waals surface area contributed by atoms with E-state index in [4.69, 9.17) is 14.6 Å². The average Bonchev–Trinajstić information content (AvgIpc) is 2.39. The summed E-state index contributed by atoms with van der Waals surface area (Å²) < 4.78 is 10.9. The Bertz CT molecular complexity index is 423. The number of aliphatic hydroxyl groups is 1. The molecule has 0 atom stereocenters. The first kappa shape index (κ1) is 17.5. The van der Waals surface area contributed by atoms with Crippen molar-refractivity contribution in [2.24, 2.45) is 0 Å². The van der Waals surface area contributed by atoms with E-state index < -0.39 is 0 Å². The zero-order chi connectivity index (χ0) is 15.7. The van der Waals surface area contributed by atoms with Gasteiger partial charge in [0.25, 0.3) is 0 Å². The van der Waals surface area contributed by atoms with E-state index in [1.165, 1.54) is 0 Å². The lowest BCUT2D eigenvalue weighted by molar-refractivity contribution is -0.118. The average molecular weight is 295 g/mol. The summed E-state index contributed by atoms with van der Waals surface area (Å²) in [6, 6.07) is 7.16. The molecule has 1 rings (SSSR count). The number of aliphatic hydroxyl groups excluding tert-OH is 1. The highest BCUT2D eigenvalue weighted by molar-refractivity contribution is 5.90. The first-order valence-electron chi connectivity index (χ1n) is 7.18. The molecule has 0 heterocycles. The lowest BCUT2D eigenvalue weighted by atomic mass is 10.2. The minimum absolute atomic E-state index is 0.0757. The largest absolute Gasteiger partial charge is 0.494 e. The second-order valence-electron chi connectivity index (χ2n) is 5.71. The molecule has 0 unspecified atom stereocenters. The fourth-order valence-corrected chi connectivity index (χ4v) is 1.56. The summed E-state index contributed by atoms with van der Waals surface area (Å²) in [5.41, 5.74) is 0.499. The van der Waals surface area contributed by atoms with Crippen LogP contribution in [-0.2, 0) is 9.53 Å². The monoisotopic (exact) mass is 295 g/mol. The van der Waals surface area contributed by atoms with Crippen LogP contribution in [0.15, 0.2) is 24.3 Å². The Balaban J connectivity index is 2.32. The number of hydrogen-bond donors (Lipinski definition) is 2. The fraction of sp³-hybridized carbons (Fsp3) is 0.562. The number of hydrogen-bond acceptors (Lipinski definition) is 4.